The molecule has 1 N–H and O–H groups in total. The Kier molecular flexibility index (Phi) is 6.46. The number of nitrogens with zero attached hydrogens (tertiary/aromatic N) is 1. The predicted octanol–water partition coefficient (Wildman–Crippen LogP) is 2.27. The summed E-state index contributed by atoms with van der Waals surface area (Å²) in [5.74, 6) is 0.966. The fourth-order valence-corrected chi connectivity index (χ4v) is 3.29. The van der Waals surface area contributed by atoms with E-state index in [2.05, 4.69) is 17.1 Å². The Morgan fingerprint density at radius 3 is 2.50 bits per heavy atom. The first kappa shape index (κ1) is 14.3. The van der Waals surface area contributed by atoms with Gasteiger partial charge in [-0.2, -0.15) is 0 Å². The van der Waals surface area contributed by atoms with Gasteiger partial charge in [-0.3, -0.25) is 0 Å². The minimum absolute atomic E-state index is 0.526. The molecule has 0 aromatic heterocycles. The summed E-state index contributed by atoms with van der Waals surface area (Å²) in [4.78, 5) is 2.58. The zero-order valence-electron chi connectivity index (χ0n) is 12.0. The van der Waals surface area contributed by atoms with E-state index in [-0.39, 0.29) is 0 Å². The van der Waals surface area contributed by atoms with Crippen LogP contribution in [0.15, 0.2) is 0 Å². The van der Waals surface area contributed by atoms with E-state index in [0.29, 0.717) is 6.10 Å². The lowest BCUT2D eigenvalue weighted by atomic mass is 10.1. The summed E-state index contributed by atoms with van der Waals surface area (Å²) in [5, 5.41) is 3.64. The fourth-order valence-electron chi connectivity index (χ4n) is 3.29. The third kappa shape index (κ3) is 4.87. The van der Waals surface area contributed by atoms with E-state index in [9.17, 15) is 0 Å². The first-order valence-corrected chi connectivity index (χ1v) is 7.93. The van der Waals surface area contributed by atoms with E-state index in [0.717, 1.165) is 19.1 Å². The highest BCUT2D eigenvalue weighted by Crippen LogP contribution is 2.23. The van der Waals surface area contributed by atoms with E-state index in [1.165, 1.54) is 64.7 Å². The lowest BCUT2D eigenvalue weighted by Crippen LogP contribution is -2.41. The smallest absolute Gasteiger partial charge is 0.0599 e. The van der Waals surface area contributed by atoms with Gasteiger partial charge in [-0.25, -0.2) is 0 Å². The number of likely N-dealkylation sites (tertiary alicyclic amines) is 1. The zero-order chi connectivity index (χ0) is 12.6. The van der Waals surface area contributed by atoms with Gasteiger partial charge in [0.05, 0.1) is 6.10 Å². The molecule has 0 aromatic rings. The van der Waals surface area contributed by atoms with E-state index < -0.39 is 0 Å². The van der Waals surface area contributed by atoms with Crippen LogP contribution in [0.4, 0.5) is 0 Å². The highest BCUT2D eigenvalue weighted by molar-refractivity contribution is 4.74. The Bertz CT molecular complexity index is 209. The molecule has 0 bridgehead atoms. The van der Waals surface area contributed by atoms with Gasteiger partial charge in [0.25, 0.3) is 0 Å². The van der Waals surface area contributed by atoms with Gasteiger partial charge < -0.3 is 15.0 Å². The highest BCUT2D eigenvalue weighted by atomic mass is 16.5. The van der Waals surface area contributed by atoms with Gasteiger partial charge in [-0.05, 0) is 45.1 Å². The van der Waals surface area contributed by atoms with Crippen molar-refractivity contribution in [3.63, 3.8) is 0 Å². The number of nitrogens with one attached hydrogen (secondary N) is 1. The quantitative estimate of drug-likeness (QED) is 0.705. The lowest BCUT2D eigenvalue weighted by molar-refractivity contribution is 0.0145. The zero-order valence-corrected chi connectivity index (χ0v) is 12.0. The van der Waals surface area contributed by atoms with Crippen molar-refractivity contribution in [3.8, 4) is 0 Å². The topological polar surface area (TPSA) is 24.5 Å². The molecule has 0 spiro atoms. The maximum atomic E-state index is 5.68. The number of ether oxygens (including phenoxy) is 1. The van der Waals surface area contributed by atoms with Crippen molar-refractivity contribution in [1.82, 2.24) is 10.2 Å². The molecule has 0 amide bonds. The Labute approximate surface area is 112 Å². The molecule has 2 rings (SSSR count). The van der Waals surface area contributed by atoms with Gasteiger partial charge in [-0.15, -0.1) is 0 Å². The Morgan fingerprint density at radius 2 is 1.83 bits per heavy atom. The summed E-state index contributed by atoms with van der Waals surface area (Å²) in [6.45, 7) is 9.02. The Balaban J connectivity index is 1.47. The summed E-state index contributed by atoms with van der Waals surface area (Å²) in [6, 6.07) is 0. The largest absolute Gasteiger partial charge is 0.378 e. The number of hydrogen-bond donors (Lipinski definition) is 1. The third-order valence-corrected chi connectivity index (χ3v) is 4.45. The maximum absolute atomic E-state index is 5.68. The van der Waals surface area contributed by atoms with Gasteiger partial charge >= 0.3 is 0 Å². The molecule has 0 radical (unpaired) electrons. The number of piperidine rings is 1. The number of rotatable bonds is 7. The van der Waals surface area contributed by atoms with Crippen LogP contribution in [0.2, 0.25) is 0 Å². The van der Waals surface area contributed by atoms with E-state index in [1.54, 1.807) is 0 Å². The summed E-state index contributed by atoms with van der Waals surface area (Å²) in [5.41, 5.74) is 0. The first-order valence-electron chi connectivity index (χ1n) is 7.93. The van der Waals surface area contributed by atoms with Crippen LogP contribution in [0.1, 0.15) is 45.4 Å². The molecule has 1 aliphatic heterocycles. The molecular formula is C15H30N2O. The second-order valence-electron chi connectivity index (χ2n) is 5.85. The average Bonchev–Trinajstić information content (AvgIpc) is 2.90. The molecule has 0 aromatic carbocycles. The third-order valence-electron chi connectivity index (χ3n) is 4.45. The molecular weight excluding hydrogens is 224 g/mol. The van der Waals surface area contributed by atoms with Gasteiger partial charge in [0.2, 0.25) is 0 Å². The summed E-state index contributed by atoms with van der Waals surface area (Å²) in [6.07, 6.45) is 8.78. The fraction of sp³-hybridized carbons (Fsp3) is 1.00. The second kappa shape index (κ2) is 8.13. The second-order valence-corrected chi connectivity index (χ2v) is 5.85. The molecule has 0 atom stereocenters. The molecule has 3 nitrogen and oxygen atoms in total. The Hall–Kier alpha value is -0.120. The molecule has 1 saturated carbocycles. The normalized spacial score (nSPS) is 23.8. The van der Waals surface area contributed by atoms with Crippen molar-refractivity contribution in [2.45, 2.75) is 51.6 Å². The highest BCUT2D eigenvalue weighted by Gasteiger charge is 2.19. The van der Waals surface area contributed by atoms with Crippen LogP contribution in [-0.4, -0.2) is 50.3 Å². The molecule has 2 fully saturated rings. The van der Waals surface area contributed by atoms with Crippen LogP contribution < -0.4 is 5.32 Å². The summed E-state index contributed by atoms with van der Waals surface area (Å²) >= 11 is 0. The standard InChI is InChI=1S/C15H30N2O/c1-2-18-15-7-10-17(11-8-15)12-9-16-13-14-5-3-4-6-14/h14-16H,2-13H2,1H3. The van der Waals surface area contributed by atoms with Gasteiger partial charge in [0.15, 0.2) is 0 Å². The van der Waals surface area contributed by atoms with Gasteiger partial charge in [0, 0.05) is 32.8 Å². The molecule has 1 aliphatic carbocycles. The minimum Gasteiger partial charge on any atom is -0.378 e. The van der Waals surface area contributed by atoms with Crippen molar-refractivity contribution < 1.29 is 4.74 Å². The van der Waals surface area contributed by atoms with Crippen LogP contribution in [0.5, 0.6) is 0 Å². The monoisotopic (exact) mass is 254 g/mol. The lowest BCUT2D eigenvalue weighted by Gasteiger charge is -2.31. The van der Waals surface area contributed by atoms with Crippen molar-refractivity contribution in [2.24, 2.45) is 5.92 Å². The van der Waals surface area contributed by atoms with Crippen LogP contribution in [0.25, 0.3) is 0 Å². The van der Waals surface area contributed by atoms with Crippen LogP contribution in [-0.2, 0) is 4.74 Å². The van der Waals surface area contributed by atoms with E-state index in [1.807, 2.05) is 0 Å². The van der Waals surface area contributed by atoms with Crippen molar-refractivity contribution in [3.05, 3.63) is 0 Å². The van der Waals surface area contributed by atoms with Crippen molar-refractivity contribution >= 4 is 0 Å². The molecule has 3 heteroatoms. The molecule has 1 saturated heterocycles. The van der Waals surface area contributed by atoms with Crippen molar-refractivity contribution in [2.75, 3.05) is 39.3 Å². The molecule has 18 heavy (non-hydrogen) atoms. The maximum Gasteiger partial charge on any atom is 0.0599 e. The minimum atomic E-state index is 0.526. The number of hydrogen-bond acceptors (Lipinski definition) is 3. The summed E-state index contributed by atoms with van der Waals surface area (Å²) < 4.78 is 5.68. The predicted molar refractivity (Wildman–Crippen MR) is 75.9 cm³/mol. The van der Waals surface area contributed by atoms with Crippen LogP contribution in [0.3, 0.4) is 0 Å². The SMILES string of the molecule is CCOC1CCN(CCNCC2CCCC2)CC1. The Morgan fingerprint density at radius 1 is 1.11 bits per heavy atom. The van der Waals surface area contributed by atoms with Crippen molar-refractivity contribution in [1.29, 1.82) is 0 Å². The van der Waals surface area contributed by atoms with Gasteiger partial charge in [-0.1, -0.05) is 12.8 Å². The van der Waals surface area contributed by atoms with E-state index in [4.69, 9.17) is 4.74 Å². The van der Waals surface area contributed by atoms with Gasteiger partial charge in [0.1, 0.15) is 0 Å². The van der Waals surface area contributed by atoms with Crippen LogP contribution >= 0.6 is 0 Å². The first-order chi connectivity index (χ1) is 8.88. The molecule has 106 valence electrons. The molecule has 2 aliphatic rings. The molecule has 1 heterocycles. The average molecular weight is 254 g/mol. The van der Waals surface area contributed by atoms with Crippen LogP contribution in [0, 0.1) is 5.92 Å². The summed E-state index contributed by atoms with van der Waals surface area (Å²) in [7, 11) is 0. The van der Waals surface area contributed by atoms with E-state index >= 15 is 0 Å². The molecule has 0 unspecified atom stereocenters.